The van der Waals surface area contributed by atoms with E-state index < -0.39 is 10.0 Å². The summed E-state index contributed by atoms with van der Waals surface area (Å²) in [4.78, 5) is 18.6. The van der Waals surface area contributed by atoms with Gasteiger partial charge < -0.3 is 0 Å². The molecule has 0 bridgehead atoms. The van der Waals surface area contributed by atoms with Crippen molar-refractivity contribution in [1.29, 1.82) is 0 Å². The molecule has 0 saturated heterocycles. The molecule has 2 aromatic heterocycles. The molecule has 244 valence electrons. The molecule has 0 unspecified atom stereocenters. The van der Waals surface area contributed by atoms with Crippen LogP contribution in [0.15, 0.2) is 78.0 Å². The zero-order valence-corrected chi connectivity index (χ0v) is 28.9. The summed E-state index contributed by atoms with van der Waals surface area (Å²) in [7, 11) is -3.71. The monoisotopic (exact) mass is 649 g/mol. The summed E-state index contributed by atoms with van der Waals surface area (Å²) in [5.74, 6) is -0.378. The summed E-state index contributed by atoms with van der Waals surface area (Å²) < 4.78 is 31.7. The molecule has 0 spiro atoms. The van der Waals surface area contributed by atoms with E-state index in [0.717, 1.165) is 55.5 Å². The zero-order chi connectivity index (χ0) is 33.5. The van der Waals surface area contributed by atoms with Crippen molar-refractivity contribution in [1.82, 2.24) is 24.3 Å². The maximum absolute atomic E-state index is 14.1. The normalized spacial score (nSPS) is 17.6. The van der Waals surface area contributed by atoms with Gasteiger partial charge in [0.15, 0.2) is 0 Å². The molecule has 47 heavy (non-hydrogen) atoms. The maximum atomic E-state index is 14.1. The Bertz CT molecular complexity index is 2060. The lowest BCUT2D eigenvalue weighted by atomic mass is 9.76. The largest absolute Gasteiger partial charge is 0.299 e. The average Bonchev–Trinajstić information content (AvgIpc) is 3.45. The van der Waals surface area contributed by atoms with E-state index >= 15 is 0 Å². The molecule has 0 saturated carbocycles. The van der Waals surface area contributed by atoms with Crippen LogP contribution < -0.4 is 0 Å². The standard InChI is InChI=1S/C38H43N5O3S/c1-7-43-34-15-14-33(27(5)38(34)40-41-43)37(28(6)35(44)19-29-9-8-16-39-21-29)31-13-11-26(4)32(20-31)23-42-22-25(3)17-30-12-10-24(2)18-36(30)47(42,45)46/h8-16,18,20-21,25,28,37H,7,17,19,22-23H2,1-6H3/t25-,28-,37-/m0/s1. The first-order valence-corrected chi connectivity index (χ1v) is 17.8. The lowest BCUT2D eigenvalue weighted by Crippen LogP contribution is -2.33. The molecule has 0 radical (unpaired) electrons. The Labute approximate surface area is 277 Å². The third-order valence-corrected chi connectivity index (χ3v) is 11.6. The summed E-state index contributed by atoms with van der Waals surface area (Å²) in [6.45, 7) is 13.6. The van der Waals surface area contributed by atoms with E-state index in [2.05, 4.69) is 53.4 Å². The molecule has 3 aromatic carbocycles. The second kappa shape index (κ2) is 13.1. The van der Waals surface area contributed by atoms with Gasteiger partial charge in [0.2, 0.25) is 10.0 Å². The number of Topliss-reactive ketones (excluding diaryl/α,β-unsaturated/α-hetero) is 1. The Morgan fingerprint density at radius 1 is 1.04 bits per heavy atom. The number of hydrogen-bond acceptors (Lipinski definition) is 6. The minimum atomic E-state index is -3.71. The number of hydrogen-bond donors (Lipinski definition) is 0. The molecular weight excluding hydrogens is 607 g/mol. The van der Waals surface area contributed by atoms with Crippen LogP contribution >= 0.6 is 0 Å². The van der Waals surface area contributed by atoms with Crippen LogP contribution in [0.4, 0.5) is 0 Å². The molecule has 0 amide bonds. The van der Waals surface area contributed by atoms with Gasteiger partial charge in [-0.25, -0.2) is 13.1 Å². The van der Waals surface area contributed by atoms with Crippen LogP contribution in [0.1, 0.15) is 71.2 Å². The molecule has 3 heterocycles. The first-order chi connectivity index (χ1) is 22.5. The highest BCUT2D eigenvalue weighted by atomic mass is 32.2. The third-order valence-electron chi connectivity index (χ3n) is 9.73. The van der Waals surface area contributed by atoms with E-state index in [1.165, 1.54) is 0 Å². The Hall–Kier alpha value is -4.21. The van der Waals surface area contributed by atoms with Gasteiger partial charge in [-0.1, -0.05) is 61.5 Å². The zero-order valence-electron chi connectivity index (χ0n) is 28.1. The summed E-state index contributed by atoms with van der Waals surface area (Å²) in [6, 6.07) is 19.9. The molecule has 1 aliphatic rings. The van der Waals surface area contributed by atoms with Crippen LogP contribution in [0.3, 0.4) is 0 Å². The van der Waals surface area contributed by atoms with Gasteiger partial charge in [-0.2, -0.15) is 4.31 Å². The smallest absolute Gasteiger partial charge is 0.243 e. The number of aryl methyl sites for hydroxylation is 4. The molecule has 9 heteroatoms. The SMILES string of the molecule is CCn1nnc2c(C)c([C@H](c3ccc(C)c(CN4C[C@@H](C)Cc5ccc(C)cc5S4(=O)=O)c3)[C@@H](C)C(=O)Cc3cccnc3)ccc21. The second-order valence-corrected chi connectivity index (χ2v) is 15.1. The van der Waals surface area contributed by atoms with Crippen LogP contribution in [-0.4, -0.2) is 45.0 Å². The molecule has 0 fully saturated rings. The number of nitrogens with zero attached hydrogens (tertiary/aromatic N) is 5. The summed E-state index contributed by atoms with van der Waals surface area (Å²) in [6.07, 6.45) is 4.45. The maximum Gasteiger partial charge on any atom is 0.243 e. The number of aromatic nitrogens is 4. The lowest BCUT2D eigenvalue weighted by molar-refractivity contribution is -0.122. The van der Waals surface area contributed by atoms with Gasteiger partial charge in [-0.3, -0.25) is 9.78 Å². The number of ketones is 1. The molecule has 5 aromatic rings. The van der Waals surface area contributed by atoms with E-state index in [1.54, 1.807) is 22.8 Å². The van der Waals surface area contributed by atoms with Crippen molar-refractivity contribution in [3.63, 3.8) is 0 Å². The quantitative estimate of drug-likeness (QED) is 0.176. The van der Waals surface area contributed by atoms with Crippen LogP contribution in [0, 0.1) is 32.6 Å². The Balaban J connectivity index is 1.43. The Kier molecular flexibility index (Phi) is 9.14. The highest BCUT2D eigenvalue weighted by Crippen LogP contribution is 2.39. The van der Waals surface area contributed by atoms with Crippen molar-refractivity contribution >= 4 is 26.8 Å². The molecule has 0 aliphatic carbocycles. The number of pyridine rings is 1. The minimum absolute atomic E-state index is 0.109. The number of rotatable bonds is 9. The molecule has 0 N–H and O–H groups in total. The fraction of sp³-hybridized carbons (Fsp3) is 0.368. The van der Waals surface area contributed by atoms with Crippen LogP contribution in [0.25, 0.3) is 11.0 Å². The summed E-state index contributed by atoms with van der Waals surface area (Å²) in [5.41, 5.74) is 9.39. The Morgan fingerprint density at radius 2 is 1.85 bits per heavy atom. The van der Waals surface area contributed by atoms with Gasteiger partial charge in [-0.15, -0.1) is 5.10 Å². The topological polar surface area (TPSA) is 98.0 Å². The van der Waals surface area contributed by atoms with Crippen LogP contribution in [-0.2, 0) is 40.7 Å². The molecule has 3 atom stereocenters. The van der Waals surface area contributed by atoms with Crippen molar-refractivity contribution in [3.8, 4) is 0 Å². The van der Waals surface area contributed by atoms with Gasteiger partial charge >= 0.3 is 0 Å². The number of benzene rings is 3. The van der Waals surface area contributed by atoms with E-state index in [4.69, 9.17) is 0 Å². The molecule has 8 nitrogen and oxygen atoms in total. The van der Waals surface area contributed by atoms with E-state index in [9.17, 15) is 13.2 Å². The number of fused-ring (bicyclic) bond motifs is 2. The van der Waals surface area contributed by atoms with Crippen LogP contribution in [0.2, 0.25) is 0 Å². The van der Waals surface area contributed by atoms with Gasteiger partial charge in [0.1, 0.15) is 11.3 Å². The highest BCUT2D eigenvalue weighted by molar-refractivity contribution is 7.89. The van der Waals surface area contributed by atoms with Gasteiger partial charge in [0.25, 0.3) is 0 Å². The molecule has 6 rings (SSSR count). The van der Waals surface area contributed by atoms with Crippen molar-refractivity contribution in [2.24, 2.45) is 11.8 Å². The lowest BCUT2D eigenvalue weighted by Gasteiger charge is -2.28. The van der Waals surface area contributed by atoms with E-state index in [1.807, 2.05) is 62.7 Å². The second-order valence-electron chi connectivity index (χ2n) is 13.2. The van der Waals surface area contributed by atoms with Crippen LogP contribution in [0.5, 0.6) is 0 Å². The Morgan fingerprint density at radius 3 is 2.60 bits per heavy atom. The van der Waals surface area contributed by atoms with Gasteiger partial charge in [-0.05, 0) is 103 Å². The predicted octanol–water partition coefficient (Wildman–Crippen LogP) is 6.73. The first-order valence-electron chi connectivity index (χ1n) is 16.4. The fourth-order valence-corrected chi connectivity index (χ4v) is 8.89. The van der Waals surface area contributed by atoms with Crippen molar-refractivity contribution in [3.05, 3.63) is 118 Å². The number of sulfonamides is 1. The summed E-state index contributed by atoms with van der Waals surface area (Å²) in [5, 5.41) is 8.86. The third kappa shape index (κ3) is 6.39. The first kappa shape index (κ1) is 32.7. The fourth-order valence-electron chi connectivity index (χ4n) is 7.03. The number of carbonyl (C=O) groups excluding carboxylic acids is 1. The average molecular weight is 650 g/mol. The molecule has 1 aliphatic heterocycles. The van der Waals surface area contributed by atoms with E-state index in [-0.39, 0.29) is 36.5 Å². The van der Waals surface area contributed by atoms with E-state index in [0.29, 0.717) is 24.4 Å². The van der Waals surface area contributed by atoms with Crippen molar-refractivity contribution < 1.29 is 13.2 Å². The van der Waals surface area contributed by atoms with Gasteiger partial charge in [0.05, 0.1) is 10.4 Å². The predicted molar refractivity (Wildman–Crippen MR) is 185 cm³/mol. The highest BCUT2D eigenvalue weighted by Gasteiger charge is 2.34. The minimum Gasteiger partial charge on any atom is -0.299 e. The van der Waals surface area contributed by atoms with Crippen molar-refractivity contribution in [2.45, 2.75) is 78.3 Å². The summed E-state index contributed by atoms with van der Waals surface area (Å²) >= 11 is 0. The van der Waals surface area contributed by atoms with Crippen molar-refractivity contribution in [2.75, 3.05) is 6.54 Å². The van der Waals surface area contributed by atoms with Gasteiger partial charge in [0, 0.05) is 50.3 Å². The number of carbonyl (C=O) groups is 1. The molecular formula is C38H43N5O3S.